The van der Waals surface area contributed by atoms with Crippen LogP contribution in [0.3, 0.4) is 0 Å². The van der Waals surface area contributed by atoms with E-state index in [1.54, 1.807) is 12.1 Å². The van der Waals surface area contributed by atoms with Crippen molar-refractivity contribution in [2.75, 3.05) is 24.7 Å². The summed E-state index contributed by atoms with van der Waals surface area (Å²) in [4.78, 5) is 30.5. The van der Waals surface area contributed by atoms with E-state index in [9.17, 15) is 14.0 Å². The number of hydrogen-bond acceptors (Lipinski definition) is 6. The Morgan fingerprint density at radius 2 is 2.21 bits per heavy atom. The van der Waals surface area contributed by atoms with Gasteiger partial charge in [0.25, 0.3) is 5.56 Å². The monoisotopic (exact) mass is 421 g/mol. The molecule has 1 amide bonds. The Kier molecular flexibility index (Phi) is 6.03. The van der Waals surface area contributed by atoms with Gasteiger partial charge in [0.1, 0.15) is 5.82 Å². The minimum absolute atomic E-state index is 0.0847. The second-order valence-corrected chi connectivity index (χ2v) is 8.66. The maximum atomic E-state index is 13.3. The lowest BCUT2D eigenvalue weighted by molar-refractivity contribution is -0.119. The fraction of sp³-hybridized carbons (Fsp3) is 0.421. The lowest BCUT2D eigenvalue weighted by Gasteiger charge is -2.14. The number of carbonyl (C=O) groups excluding carboxylic acids is 1. The first-order valence-electron chi connectivity index (χ1n) is 9.17. The van der Waals surface area contributed by atoms with Gasteiger partial charge < -0.3 is 10.1 Å². The zero-order chi connectivity index (χ0) is 19.5. The Bertz CT molecular complexity index is 927. The number of nitrogens with zero attached hydrogens (tertiary/aromatic N) is 2. The second-order valence-electron chi connectivity index (χ2n) is 6.61. The summed E-state index contributed by atoms with van der Waals surface area (Å²) in [7, 11) is 0. The van der Waals surface area contributed by atoms with E-state index < -0.39 is 0 Å². The summed E-state index contributed by atoms with van der Waals surface area (Å²) in [6.07, 6.45) is 2.80. The predicted octanol–water partition coefficient (Wildman–Crippen LogP) is 2.41. The van der Waals surface area contributed by atoms with Crippen molar-refractivity contribution in [3.8, 4) is 5.69 Å². The quantitative estimate of drug-likeness (QED) is 0.570. The summed E-state index contributed by atoms with van der Waals surface area (Å²) in [6, 6.07) is 5.72. The van der Waals surface area contributed by atoms with Crippen molar-refractivity contribution < 1.29 is 13.9 Å². The molecule has 2 aliphatic heterocycles. The molecule has 1 saturated heterocycles. The van der Waals surface area contributed by atoms with E-state index in [-0.39, 0.29) is 29.1 Å². The molecule has 2 aromatic rings. The first-order chi connectivity index (χ1) is 13.6. The molecule has 2 aliphatic rings. The van der Waals surface area contributed by atoms with Gasteiger partial charge in [0.15, 0.2) is 5.16 Å². The van der Waals surface area contributed by atoms with Gasteiger partial charge in [-0.1, -0.05) is 11.8 Å². The third kappa shape index (κ3) is 4.26. The van der Waals surface area contributed by atoms with Crippen LogP contribution in [0.5, 0.6) is 0 Å². The summed E-state index contributed by atoms with van der Waals surface area (Å²) < 4.78 is 20.3. The number of nitrogens with one attached hydrogen (secondary N) is 1. The van der Waals surface area contributed by atoms with Gasteiger partial charge in [0.2, 0.25) is 5.91 Å². The fourth-order valence-corrected chi connectivity index (χ4v) is 5.10. The molecule has 0 aliphatic carbocycles. The Labute approximate surface area is 170 Å². The number of aromatic nitrogens is 2. The topological polar surface area (TPSA) is 73.2 Å². The molecular formula is C19H20FN3O3S2. The van der Waals surface area contributed by atoms with Crippen molar-refractivity contribution in [3.63, 3.8) is 0 Å². The van der Waals surface area contributed by atoms with Crippen molar-refractivity contribution in [1.82, 2.24) is 14.9 Å². The first-order valence-corrected chi connectivity index (χ1v) is 11.1. The number of hydrogen-bond donors (Lipinski definition) is 1. The fourth-order valence-electron chi connectivity index (χ4n) is 3.22. The third-order valence-corrected chi connectivity index (χ3v) is 6.68. The van der Waals surface area contributed by atoms with Gasteiger partial charge in [-0.05, 0) is 37.1 Å². The number of rotatable bonds is 6. The van der Waals surface area contributed by atoms with Gasteiger partial charge in [-0.15, -0.1) is 11.8 Å². The molecule has 28 heavy (non-hydrogen) atoms. The largest absolute Gasteiger partial charge is 0.376 e. The van der Waals surface area contributed by atoms with Crippen LogP contribution in [-0.2, 0) is 16.0 Å². The molecule has 148 valence electrons. The van der Waals surface area contributed by atoms with Crippen LogP contribution < -0.4 is 10.9 Å². The molecule has 1 atom stereocenters. The van der Waals surface area contributed by atoms with Crippen LogP contribution >= 0.6 is 23.5 Å². The van der Waals surface area contributed by atoms with Crippen molar-refractivity contribution in [3.05, 3.63) is 46.1 Å². The molecule has 4 rings (SSSR count). The SMILES string of the molecule is O=C(CSc1nc2c(c(=O)n1-c1ccc(F)cc1)SCC2)NC[C@H]1CCCO1. The van der Waals surface area contributed by atoms with E-state index in [1.165, 1.54) is 40.2 Å². The highest BCUT2D eigenvalue weighted by atomic mass is 32.2. The molecular weight excluding hydrogens is 401 g/mol. The van der Waals surface area contributed by atoms with Gasteiger partial charge in [-0.25, -0.2) is 9.37 Å². The molecule has 0 spiro atoms. The molecule has 0 bridgehead atoms. The highest BCUT2D eigenvalue weighted by Crippen LogP contribution is 2.30. The van der Waals surface area contributed by atoms with Crippen molar-refractivity contribution in [2.24, 2.45) is 0 Å². The van der Waals surface area contributed by atoms with Gasteiger partial charge in [0, 0.05) is 25.3 Å². The molecule has 1 aromatic heterocycles. The molecule has 0 saturated carbocycles. The Morgan fingerprint density at radius 1 is 1.39 bits per heavy atom. The second kappa shape index (κ2) is 8.67. The standard InChI is InChI=1S/C19H20FN3O3S2/c20-12-3-5-13(6-4-12)23-18(25)17-15(7-9-27-17)22-19(23)28-11-16(24)21-10-14-2-1-8-26-14/h3-6,14H,1-2,7-11H2,(H,21,24)/t14-/m1/s1. The van der Waals surface area contributed by atoms with Crippen LogP contribution in [0.25, 0.3) is 5.69 Å². The highest BCUT2D eigenvalue weighted by Gasteiger charge is 2.23. The normalized spacial score (nSPS) is 18.2. The van der Waals surface area contributed by atoms with Crippen LogP contribution in [0.4, 0.5) is 4.39 Å². The van der Waals surface area contributed by atoms with E-state index >= 15 is 0 Å². The number of benzene rings is 1. The third-order valence-electron chi connectivity index (χ3n) is 4.63. The first kappa shape index (κ1) is 19.5. The number of amides is 1. The summed E-state index contributed by atoms with van der Waals surface area (Å²) in [6.45, 7) is 1.24. The molecule has 1 N–H and O–H groups in total. The van der Waals surface area contributed by atoms with E-state index in [1.807, 2.05) is 0 Å². The van der Waals surface area contributed by atoms with Crippen LogP contribution in [-0.4, -0.2) is 46.2 Å². The van der Waals surface area contributed by atoms with Crippen LogP contribution in [0.15, 0.2) is 39.1 Å². The molecule has 1 fully saturated rings. The van der Waals surface area contributed by atoms with E-state index in [0.717, 1.165) is 37.3 Å². The van der Waals surface area contributed by atoms with E-state index in [2.05, 4.69) is 10.3 Å². The highest BCUT2D eigenvalue weighted by molar-refractivity contribution is 8.00. The van der Waals surface area contributed by atoms with Gasteiger partial charge in [-0.2, -0.15) is 0 Å². The van der Waals surface area contributed by atoms with Crippen molar-refractivity contribution in [1.29, 1.82) is 0 Å². The van der Waals surface area contributed by atoms with E-state index in [0.29, 0.717) is 22.3 Å². The smallest absolute Gasteiger partial charge is 0.272 e. The minimum atomic E-state index is -0.372. The molecule has 6 nitrogen and oxygen atoms in total. The average Bonchev–Trinajstić information content (AvgIpc) is 3.37. The van der Waals surface area contributed by atoms with Gasteiger partial charge in [0.05, 0.1) is 28.1 Å². The van der Waals surface area contributed by atoms with Crippen LogP contribution in [0, 0.1) is 5.82 Å². The summed E-state index contributed by atoms with van der Waals surface area (Å²) in [5.41, 5.74) is 1.15. The van der Waals surface area contributed by atoms with Crippen LogP contribution in [0.1, 0.15) is 18.5 Å². The number of thioether (sulfide) groups is 2. The molecule has 9 heteroatoms. The number of carbonyl (C=O) groups is 1. The number of fused-ring (bicyclic) bond motifs is 1. The minimum Gasteiger partial charge on any atom is -0.376 e. The number of aryl methyl sites for hydroxylation is 1. The maximum Gasteiger partial charge on any atom is 0.272 e. The molecule has 0 radical (unpaired) electrons. The van der Waals surface area contributed by atoms with Gasteiger partial charge in [-0.3, -0.25) is 14.2 Å². The van der Waals surface area contributed by atoms with Crippen molar-refractivity contribution >= 4 is 29.4 Å². The molecule has 3 heterocycles. The number of halogens is 1. The predicted molar refractivity (Wildman–Crippen MR) is 107 cm³/mol. The maximum absolute atomic E-state index is 13.3. The Balaban J connectivity index is 1.53. The Morgan fingerprint density at radius 3 is 2.96 bits per heavy atom. The van der Waals surface area contributed by atoms with Gasteiger partial charge >= 0.3 is 0 Å². The summed E-state index contributed by atoms with van der Waals surface area (Å²) >= 11 is 2.70. The van der Waals surface area contributed by atoms with Crippen LogP contribution in [0.2, 0.25) is 0 Å². The lowest BCUT2D eigenvalue weighted by atomic mass is 10.2. The lowest BCUT2D eigenvalue weighted by Crippen LogP contribution is -2.33. The average molecular weight is 422 g/mol. The molecule has 1 aromatic carbocycles. The van der Waals surface area contributed by atoms with E-state index in [4.69, 9.17) is 4.74 Å². The number of ether oxygens (including phenoxy) is 1. The molecule has 0 unspecified atom stereocenters. The summed E-state index contributed by atoms with van der Waals surface area (Å²) in [5, 5.41) is 3.32. The Hall–Kier alpha value is -1.84. The summed E-state index contributed by atoms with van der Waals surface area (Å²) in [5.74, 6) is 0.460. The zero-order valence-electron chi connectivity index (χ0n) is 15.2. The van der Waals surface area contributed by atoms with Crippen molar-refractivity contribution in [2.45, 2.75) is 35.4 Å². The zero-order valence-corrected chi connectivity index (χ0v) is 16.8.